The van der Waals surface area contributed by atoms with Gasteiger partial charge in [0.1, 0.15) is 13.6 Å². The van der Waals surface area contributed by atoms with Crippen molar-refractivity contribution in [3.8, 4) is 5.75 Å². The van der Waals surface area contributed by atoms with Gasteiger partial charge < -0.3 is 10.1 Å². The average molecular weight is 359 g/mol. The molecule has 4 nitrogen and oxygen atoms in total. The third-order valence-electron chi connectivity index (χ3n) is 2.78. The van der Waals surface area contributed by atoms with E-state index in [1.165, 1.54) is 0 Å². The molecule has 1 heterocycles. The maximum atomic E-state index is 12.2. The Morgan fingerprint density at radius 3 is 2.50 bits per heavy atom. The number of nitrogens with one attached hydrogen (secondary N) is 1. The number of hydrogen-bond acceptors (Lipinski definition) is 3. The lowest BCUT2D eigenvalue weighted by Gasteiger charge is -2.22. The van der Waals surface area contributed by atoms with E-state index < -0.39 is 5.50 Å². The fraction of sp³-hybridized carbons (Fsp3) is 0.250. The number of benzene rings is 1. The van der Waals surface area contributed by atoms with E-state index >= 15 is 0 Å². The van der Waals surface area contributed by atoms with Gasteiger partial charge in [0.25, 0.3) is 5.91 Å². The van der Waals surface area contributed by atoms with Gasteiger partial charge in [0, 0.05) is 16.4 Å². The molecule has 6 heteroatoms. The molecule has 0 fully saturated rings. The summed E-state index contributed by atoms with van der Waals surface area (Å²) in [4.78, 5) is 16.3. The van der Waals surface area contributed by atoms with Crippen LogP contribution in [0.2, 0.25) is 0 Å². The molecule has 0 unspecified atom stereocenters. The summed E-state index contributed by atoms with van der Waals surface area (Å²) in [6.07, 6.45) is 1.55. The third-order valence-corrected chi connectivity index (χ3v) is 3.58. The molecule has 112 valence electrons. The Hall–Kier alpha value is -1.82. The van der Waals surface area contributed by atoms with Crippen LogP contribution in [0.4, 0.5) is 5.69 Å². The Labute approximate surface area is 139 Å². The van der Waals surface area contributed by atoms with Gasteiger partial charge in [0.05, 0.1) is 16.8 Å². The molecule has 0 atom stereocenters. The highest BCUT2D eigenvalue weighted by Gasteiger charge is 2.12. The summed E-state index contributed by atoms with van der Waals surface area (Å²) in [6.45, 7) is 5.40. The quantitative estimate of drug-likeness (QED) is 0.848. The van der Waals surface area contributed by atoms with E-state index in [1.54, 1.807) is 50.4 Å². The Kier molecular flexibility index (Phi) is 4.91. The Bertz CT molecular complexity index is 682. The van der Waals surface area contributed by atoms with E-state index in [0.717, 1.165) is 10.2 Å². The van der Waals surface area contributed by atoms with Gasteiger partial charge in [-0.15, -0.1) is 0 Å². The van der Waals surface area contributed by atoms with Crippen molar-refractivity contribution in [2.45, 2.75) is 26.3 Å². The van der Waals surface area contributed by atoms with Crippen LogP contribution < -0.4 is 10.1 Å². The first-order valence-electron chi connectivity index (χ1n) is 6.76. The molecule has 0 aliphatic heterocycles. The molecule has 1 aromatic heterocycles. The SMILES string of the molecule is [B]C(C)(C)Oc1ccc(NC(=O)c2cnc(C)c(Br)c2)cc1. The molecule has 0 saturated heterocycles. The van der Waals surface area contributed by atoms with E-state index in [0.29, 0.717) is 17.0 Å². The number of halogens is 1. The average Bonchev–Trinajstić information content (AvgIpc) is 2.42. The minimum absolute atomic E-state index is 0.221. The topological polar surface area (TPSA) is 51.2 Å². The lowest BCUT2D eigenvalue weighted by molar-refractivity contribution is 0.102. The predicted molar refractivity (Wildman–Crippen MR) is 91.5 cm³/mol. The first kappa shape index (κ1) is 16.6. The van der Waals surface area contributed by atoms with Gasteiger partial charge in [-0.1, -0.05) is 0 Å². The van der Waals surface area contributed by atoms with Gasteiger partial charge in [-0.3, -0.25) is 9.78 Å². The third kappa shape index (κ3) is 4.60. The van der Waals surface area contributed by atoms with Crippen molar-refractivity contribution >= 4 is 35.4 Å². The minimum Gasteiger partial charge on any atom is -0.498 e. The van der Waals surface area contributed by atoms with Crippen LogP contribution in [0.3, 0.4) is 0 Å². The molecule has 0 bridgehead atoms. The molecule has 2 rings (SSSR count). The summed E-state index contributed by atoms with van der Waals surface area (Å²) in [5.41, 5.74) is 1.25. The zero-order valence-electron chi connectivity index (χ0n) is 12.7. The zero-order chi connectivity index (χ0) is 16.3. The summed E-state index contributed by atoms with van der Waals surface area (Å²) >= 11 is 3.37. The maximum Gasteiger partial charge on any atom is 0.257 e. The van der Waals surface area contributed by atoms with Crippen LogP contribution in [-0.2, 0) is 0 Å². The summed E-state index contributed by atoms with van der Waals surface area (Å²) < 4.78 is 6.32. The van der Waals surface area contributed by atoms with Crippen LogP contribution in [0.1, 0.15) is 29.9 Å². The largest absolute Gasteiger partial charge is 0.498 e. The lowest BCUT2D eigenvalue weighted by Crippen LogP contribution is -2.27. The first-order valence-corrected chi connectivity index (χ1v) is 7.55. The number of anilines is 1. The van der Waals surface area contributed by atoms with Crippen molar-refractivity contribution in [1.29, 1.82) is 0 Å². The number of carbonyl (C=O) groups is 1. The summed E-state index contributed by atoms with van der Waals surface area (Å²) in [6, 6.07) is 8.78. The van der Waals surface area contributed by atoms with Crippen LogP contribution in [0.25, 0.3) is 0 Å². The van der Waals surface area contributed by atoms with Gasteiger partial charge in [0.2, 0.25) is 0 Å². The number of nitrogens with zero attached hydrogens (tertiary/aromatic N) is 1. The molecule has 1 aromatic carbocycles. The van der Waals surface area contributed by atoms with Crippen molar-refractivity contribution < 1.29 is 9.53 Å². The second kappa shape index (κ2) is 6.52. The second-order valence-corrected chi connectivity index (χ2v) is 6.33. The van der Waals surface area contributed by atoms with E-state index in [1.807, 2.05) is 6.92 Å². The highest BCUT2D eigenvalue weighted by atomic mass is 79.9. The van der Waals surface area contributed by atoms with Crippen LogP contribution in [-0.4, -0.2) is 24.2 Å². The fourth-order valence-corrected chi connectivity index (χ4v) is 2.09. The van der Waals surface area contributed by atoms with Crippen LogP contribution >= 0.6 is 15.9 Å². The van der Waals surface area contributed by atoms with Crippen molar-refractivity contribution in [2.75, 3.05) is 5.32 Å². The Morgan fingerprint density at radius 1 is 1.32 bits per heavy atom. The maximum absolute atomic E-state index is 12.2. The smallest absolute Gasteiger partial charge is 0.257 e. The van der Waals surface area contributed by atoms with Gasteiger partial charge in [-0.05, 0) is 67.0 Å². The van der Waals surface area contributed by atoms with E-state index in [2.05, 4.69) is 26.2 Å². The molecule has 2 aromatic rings. The highest BCUT2D eigenvalue weighted by molar-refractivity contribution is 9.10. The zero-order valence-corrected chi connectivity index (χ0v) is 14.3. The number of aryl methyl sites for hydroxylation is 1. The van der Waals surface area contributed by atoms with E-state index in [9.17, 15) is 4.79 Å². The van der Waals surface area contributed by atoms with Crippen molar-refractivity contribution in [2.24, 2.45) is 0 Å². The molecule has 1 amide bonds. The van der Waals surface area contributed by atoms with Crippen LogP contribution in [0.5, 0.6) is 5.75 Å². The van der Waals surface area contributed by atoms with Gasteiger partial charge >= 0.3 is 0 Å². The number of carbonyl (C=O) groups excluding carboxylic acids is 1. The van der Waals surface area contributed by atoms with Gasteiger partial charge in [-0.2, -0.15) is 0 Å². The first-order chi connectivity index (χ1) is 10.2. The highest BCUT2D eigenvalue weighted by Crippen LogP contribution is 2.20. The number of rotatable bonds is 4. The van der Waals surface area contributed by atoms with Crippen LogP contribution in [0.15, 0.2) is 41.0 Å². The molecule has 0 aliphatic rings. The molecule has 0 spiro atoms. The summed E-state index contributed by atoms with van der Waals surface area (Å²) in [7, 11) is 5.79. The molecule has 1 N–H and O–H groups in total. The Morgan fingerprint density at radius 2 is 1.95 bits per heavy atom. The fourth-order valence-electron chi connectivity index (χ4n) is 1.74. The number of hydrogen-bond donors (Lipinski definition) is 1. The molecule has 0 aliphatic carbocycles. The summed E-state index contributed by atoms with van der Waals surface area (Å²) in [5, 5.41) is 2.81. The van der Waals surface area contributed by atoms with E-state index in [4.69, 9.17) is 12.6 Å². The summed E-state index contributed by atoms with van der Waals surface area (Å²) in [5.74, 6) is 0.422. The molecule has 22 heavy (non-hydrogen) atoms. The van der Waals surface area contributed by atoms with Crippen LogP contribution in [0, 0.1) is 6.92 Å². The predicted octanol–water partition coefficient (Wildman–Crippen LogP) is 3.69. The lowest BCUT2D eigenvalue weighted by atomic mass is 9.86. The Balaban J connectivity index is 2.07. The van der Waals surface area contributed by atoms with Crippen molar-refractivity contribution in [1.82, 2.24) is 4.98 Å². The minimum atomic E-state index is -0.745. The number of ether oxygens (including phenoxy) is 1. The second-order valence-electron chi connectivity index (χ2n) is 5.48. The van der Waals surface area contributed by atoms with Crippen molar-refractivity contribution in [3.05, 3.63) is 52.3 Å². The van der Waals surface area contributed by atoms with E-state index in [-0.39, 0.29) is 5.91 Å². The number of pyridine rings is 1. The standard InChI is InChI=1S/C16H16BBrN2O2/c1-10-14(18)8-11(9-19-10)15(21)20-12-4-6-13(7-5-12)22-16(2,3)17/h4-9H,1-3H3,(H,20,21). The van der Waals surface area contributed by atoms with Crippen molar-refractivity contribution in [3.63, 3.8) is 0 Å². The molecular formula is C16H16BBrN2O2. The van der Waals surface area contributed by atoms with Gasteiger partial charge in [0.15, 0.2) is 0 Å². The molecular weight excluding hydrogens is 343 g/mol. The van der Waals surface area contributed by atoms with Gasteiger partial charge in [-0.25, -0.2) is 0 Å². The number of aromatic nitrogens is 1. The normalized spacial score (nSPS) is 11.1. The number of amides is 1. The monoisotopic (exact) mass is 358 g/mol. The molecule has 2 radical (unpaired) electrons. The molecule has 0 saturated carbocycles.